The Morgan fingerprint density at radius 2 is 1.63 bits per heavy atom. The van der Waals surface area contributed by atoms with E-state index < -0.39 is 56.6 Å². The van der Waals surface area contributed by atoms with Gasteiger partial charge in [-0.15, -0.1) is 0 Å². The van der Waals surface area contributed by atoms with Gasteiger partial charge in [0.15, 0.2) is 0 Å². The van der Waals surface area contributed by atoms with E-state index in [1.807, 2.05) is 0 Å². The lowest BCUT2D eigenvalue weighted by molar-refractivity contribution is -0.185. The average molecular weight is 412 g/mol. The summed E-state index contributed by atoms with van der Waals surface area (Å²) in [5.74, 6) is -8.02. The van der Waals surface area contributed by atoms with E-state index in [1.54, 1.807) is 41.5 Å². The van der Waals surface area contributed by atoms with Crippen molar-refractivity contribution in [2.75, 3.05) is 6.61 Å². The minimum Gasteiger partial charge on any atom is -0.462 e. The number of carbonyl (C=O) groups excluding carboxylic acids is 2. The van der Waals surface area contributed by atoms with Gasteiger partial charge in [-0.3, -0.25) is 4.79 Å². The molecular weight excluding hydrogens is 380 g/mol. The van der Waals surface area contributed by atoms with Crippen molar-refractivity contribution < 1.29 is 32.1 Å². The third-order valence-electron chi connectivity index (χ3n) is 4.29. The molecule has 4 atom stereocenters. The van der Waals surface area contributed by atoms with E-state index in [0.29, 0.717) is 0 Å². The zero-order chi connectivity index (χ0) is 21.4. The normalized spacial score (nSPS) is 23.9. The van der Waals surface area contributed by atoms with Crippen LogP contribution in [0.15, 0.2) is 0 Å². The third-order valence-corrected chi connectivity index (χ3v) is 6.01. The van der Waals surface area contributed by atoms with Gasteiger partial charge >= 0.3 is 17.9 Å². The molecule has 0 radical (unpaired) electrons. The number of ether oxygens (including phenoxy) is 2. The number of carbonyl (C=O) groups is 2. The van der Waals surface area contributed by atoms with Gasteiger partial charge in [-0.25, -0.2) is 13.7 Å². The molecule has 9 heteroatoms. The second kappa shape index (κ2) is 7.73. The molecule has 0 heterocycles. The lowest BCUT2D eigenvalue weighted by atomic mass is 9.87. The summed E-state index contributed by atoms with van der Waals surface area (Å²) in [7, 11) is -1.89. The largest absolute Gasteiger partial charge is 0.462 e. The van der Waals surface area contributed by atoms with Crippen molar-refractivity contribution in [2.45, 2.75) is 83.6 Å². The van der Waals surface area contributed by atoms with Gasteiger partial charge in [-0.1, -0.05) is 0 Å². The molecule has 6 nitrogen and oxygen atoms in total. The summed E-state index contributed by atoms with van der Waals surface area (Å²) in [5, 5.41) is 0. The molecule has 0 saturated heterocycles. The first-order valence-corrected chi connectivity index (χ1v) is 10.1. The smallest absolute Gasteiger partial charge is 0.379 e. The fraction of sp³-hybridized carbons (Fsp3) is 0.889. The number of nitrogens with one attached hydrogen (secondary N) is 1. The van der Waals surface area contributed by atoms with Gasteiger partial charge in [0.25, 0.3) is 0 Å². The SMILES string of the molecule is CCOC(=O)C(F)(F)[C@](C)(N[S@](=O)C(C)(C)C)[C@@H]1C[C@H]1C(=O)OC(C)(C)C. The molecule has 0 aromatic carbocycles. The minimum atomic E-state index is -3.98. The van der Waals surface area contributed by atoms with Crippen LogP contribution in [0.4, 0.5) is 8.78 Å². The van der Waals surface area contributed by atoms with E-state index in [9.17, 15) is 13.8 Å². The molecule has 0 aromatic rings. The van der Waals surface area contributed by atoms with Crippen molar-refractivity contribution in [3.8, 4) is 0 Å². The topological polar surface area (TPSA) is 81.7 Å². The maximum Gasteiger partial charge on any atom is 0.379 e. The van der Waals surface area contributed by atoms with Gasteiger partial charge in [0.2, 0.25) is 0 Å². The van der Waals surface area contributed by atoms with E-state index in [4.69, 9.17) is 4.74 Å². The molecule has 0 unspecified atom stereocenters. The Hall–Kier alpha value is -1.09. The lowest BCUT2D eigenvalue weighted by Crippen LogP contribution is -2.64. The zero-order valence-electron chi connectivity index (χ0n) is 17.3. The first-order chi connectivity index (χ1) is 12.0. The maximum absolute atomic E-state index is 15.0. The predicted molar refractivity (Wildman–Crippen MR) is 98.5 cm³/mol. The summed E-state index contributed by atoms with van der Waals surface area (Å²) in [4.78, 5) is 24.2. The molecule has 0 aromatic heterocycles. The molecule has 0 bridgehead atoms. The average Bonchev–Trinajstić information content (AvgIpc) is 3.25. The van der Waals surface area contributed by atoms with Crippen LogP contribution in [0.25, 0.3) is 0 Å². The molecule has 1 aliphatic carbocycles. The molecular formula is C18H31F2NO5S. The van der Waals surface area contributed by atoms with E-state index in [-0.39, 0.29) is 13.0 Å². The van der Waals surface area contributed by atoms with Gasteiger partial charge < -0.3 is 9.47 Å². The van der Waals surface area contributed by atoms with Crippen molar-refractivity contribution >= 4 is 22.9 Å². The van der Waals surface area contributed by atoms with Crippen LogP contribution in [-0.2, 0) is 30.0 Å². The highest BCUT2D eigenvalue weighted by Gasteiger charge is 2.69. The summed E-state index contributed by atoms with van der Waals surface area (Å²) in [6.07, 6.45) is 0.106. The molecule has 27 heavy (non-hydrogen) atoms. The first kappa shape index (κ1) is 23.9. The van der Waals surface area contributed by atoms with Gasteiger partial charge in [0.1, 0.15) is 11.1 Å². The van der Waals surface area contributed by atoms with Crippen LogP contribution in [0.2, 0.25) is 0 Å². The number of hydrogen-bond donors (Lipinski definition) is 1. The minimum absolute atomic E-state index is 0.106. The maximum atomic E-state index is 15.0. The van der Waals surface area contributed by atoms with Gasteiger partial charge in [0, 0.05) is 0 Å². The van der Waals surface area contributed by atoms with Crippen LogP contribution >= 0.6 is 0 Å². The van der Waals surface area contributed by atoms with Gasteiger partial charge in [-0.05, 0) is 67.7 Å². The Labute approximate surface area is 162 Å². The van der Waals surface area contributed by atoms with Crippen LogP contribution in [0.3, 0.4) is 0 Å². The number of rotatable bonds is 7. The molecule has 0 amide bonds. The first-order valence-electron chi connectivity index (χ1n) is 8.95. The van der Waals surface area contributed by atoms with Crippen LogP contribution in [0.5, 0.6) is 0 Å². The Morgan fingerprint density at radius 3 is 2.04 bits per heavy atom. The van der Waals surface area contributed by atoms with Crippen LogP contribution in [0.1, 0.15) is 61.8 Å². The molecule has 1 aliphatic rings. The Balaban J connectivity index is 3.19. The lowest BCUT2D eigenvalue weighted by Gasteiger charge is -2.38. The summed E-state index contributed by atoms with van der Waals surface area (Å²) in [5.41, 5.74) is -2.98. The summed E-state index contributed by atoms with van der Waals surface area (Å²) < 4.78 is 54.0. The van der Waals surface area contributed by atoms with Crippen LogP contribution < -0.4 is 4.72 Å². The molecule has 158 valence electrons. The fourth-order valence-corrected chi connectivity index (χ4v) is 3.59. The second-order valence-corrected chi connectivity index (χ2v) is 10.9. The van der Waals surface area contributed by atoms with Crippen LogP contribution in [0, 0.1) is 11.8 Å². The summed E-state index contributed by atoms with van der Waals surface area (Å²) >= 11 is 0. The standard InChI is InChI=1S/C18H31F2NO5S/c1-9-25-14(23)18(19,20)17(8,21-27(24)16(5,6)7)12-10-11(12)13(22)26-15(2,3)4/h11-12,21H,9-10H2,1-8H3/t11-,12-,17-,27-/m1/s1. The zero-order valence-corrected chi connectivity index (χ0v) is 18.1. The van der Waals surface area contributed by atoms with E-state index in [0.717, 1.165) is 6.92 Å². The summed E-state index contributed by atoms with van der Waals surface area (Å²) in [6, 6.07) is 0. The predicted octanol–water partition coefficient (Wildman–Crippen LogP) is 2.97. The van der Waals surface area contributed by atoms with Crippen LogP contribution in [-0.4, -0.2) is 44.6 Å². The Kier molecular flexibility index (Phi) is 6.86. The molecule has 0 aliphatic heterocycles. The highest BCUT2D eigenvalue weighted by Crippen LogP contribution is 2.53. The van der Waals surface area contributed by atoms with Crippen molar-refractivity contribution in [1.82, 2.24) is 4.72 Å². The van der Waals surface area contributed by atoms with Gasteiger partial charge in [0.05, 0.1) is 28.3 Å². The highest BCUT2D eigenvalue weighted by molar-refractivity contribution is 7.84. The van der Waals surface area contributed by atoms with Gasteiger partial charge in [-0.2, -0.15) is 8.78 Å². The van der Waals surface area contributed by atoms with Crippen molar-refractivity contribution in [3.63, 3.8) is 0 Å². The quantitative estimate of drug-likeness (QED) is 0.652. The monoisotopic (exact) mass is 411 g/mol. The number of alkyl halides is 2. The highest BCUT2D eigenvalue weighted by atomic mass is 32.2. The molecule has 1 N–H and O–H groups in total. The number of halogens is 2. The van der Waals surface area contributed by atoms with E-state index in [2.05, 4.69) is 9.46 Å². The number of hydrogen-bond acceptors (Lipinski definition) is 5. The van der Waals surface area contributed by atoms with Crippen molar-refractivity contribution in [2.24, 2.45) is 11.8 Å². The Morgan fingerprint density at radius 1 is 1.11 bits per heavy atom. The van der Waals surface area contributed by atoms with Crippen molar-refractivity contribution in [3.05, 3.63) is 0 Å². The second-order valence-electron chi connectivity index (χ2n) is 8.96. The summed E-state index contributed by atoms with van der Waals surface area (Å²) in [6.45, 7) is 12.2. The third kappa shape index (κ3) is 5.47. The number of esters is 2. The molecule has 1 rings (SSSR count). The molecule has 1 saturated carbocycles. The van der Waals surface area contributed by atoms with E-state index >= 15 is 8.78 Å². The van der Waals surface area contributed by atoms with Crippen molar-refractivity contribution in [1.29, 1.82) is 0 Å². The van der Waals surface area contributed by atoms with E-state index in [1.165, 1.54) is 6.92 Å². The fourth-order valence-electron chi connectivity index (χ4n) is 2.62. The Bertz CT molecular complexity index is 612. The molecule has 0 spiro atoms. The molecule has 1 fully saturated rings.